The zero-order chi connectivity index (χ0) is 23.3. The molecule has 5 rings (SSSR count). The van der Waals surface area contributed by atoms with E-state index < -0.39 is 11.2 Å². The van der Waals surface area contributed by atoms with Gasteiger partial charge in [-0.1, -0.05) is 30.0 Å². The third-order valence-corrected chi connectivity index (χ3v) is 7.19. The Bertz CT molecular complexity index is 1380. The number of nitrogens with one attached hydrogen (secondary N) is 2. The smallest absolute Gasteiger partial charge is 0.339 e. The summed E-state index contributed by atoms with van der Waals surface area (Å²) in [6.07, 6.45) is 4.11. The highest BCUT2D eigenvalue weighted by molar-refractivity contribution is 8.00. The van der Waals surface area contributed by atoms with Crippen LogP contribution >= 0.6 is 11.8 Å². The van der Waals surface area contributed by atoms with Crippen molar-refractivity contribution in [1.29, 1.82) is 0 Å². The van der Waals surface area contributed by atoms with E-state index in [9.17, 15) is 9.59 Å². The van der Waals surface area contributed by atoms with E-state index >= 15 is 0 Å². The number of benzene rings is 1. The van der Waals surface area contributed by atoms with Crippen molar-refractivity contribution in [2.24, 2.45) is 0 Å². The third kappa shape index (κ3) is 3.66. The predicted octanol–water partition coefficient (Wildman–Crippen LogP) is 4.86. The van der Waals surface area contributed by atoms with E-state index in [-0.39, 0.29) is 5.78 Å². The van der Waals surface area contributed by atoms with Gasteiger partial charge >= 0.3 is 5.97 Å². The average Bonchev–Trinajstić information content (AvgIpc) is 3.31. The number of hydrogen-bond acceptors (Lipinski definition) is 6. The Labute approximate surface area is 195 Å². The molecule has 4 aromatic rings. The Morgan fingerprint density at radius 1 is 1.21 bits per heavy atom. The fraction of sp³-hybridized carbons (Fsp3) is 0.333. The van der Waals surface area contributed by atoms with Gasteiger partial charge in [-0.3, -0.25) is 9.36 Å². The van der Waals surface area contributed by atoms with Crippen LogP contribution in [0.25, 0.3) is 22.3 Å². The van der Waals surface area contributed by atoms with Gasteiger partial charge in [0, 0.05) is 34.4 Å². The van der Waals surface area contributed by atoms with Gasteiger partial charge in [-0.2, -0.15) is 0 Å². The number of aromatic amines is 2. The highest BCUT2D eigenvalue weighted by Crippen LogP contribution is 2.43. The second-order valence-corrected chi connectivity index (χ2v) is 9.70. The number of carbonyl (C=O) groups is 2. The van der Waals surface area contributed by atoms with E-state index in [1.165, 1.54) is 18.9 Å². The summed E-state index contributed by atoms with van der Waals surface area (Å²) in [5, 5.41) is 10.4. The van der Waals surface area contributed by atoms with Gasteiger partial charge in [0.1, 0.15) is 0 Å². The molecule has 0 saturated heterocycles. The van der Waals surface area contributed by atoms with Crippen LogP contribution in [0.5, 0.6) is 0 Å². The van der Waals surface area contributed by atoms with Gasteiger partial charge in [0.05, 0.1) is 23.6 Å². The summed E-state index contributed by atoms with van der Waals surface area (Å²) in [5.74, 6) is 0.282. The van der Waals surface area contributed by atoms with E-state index in [0.29, 0.717) is 28.6 Å². The quantitative estimate of drug-likeness (QED) is 0.230. The monoisotopic (exact) mass is 463 g/mol. The number of para-hydroxylation sites is 1. The van der Waals surface area contributed by atoms with Crippen molar-refractivity contribution >= 4 is 34.4 Å². The van der Waals surface area contributed by atoms with Crippen molar-refractivity contribution in [3.05, 3.63) is 53.0 Å². The van der Waals surface area contributed by atoms with Crippen molar-refractivity contribution in [3.8, 4) is 11.4 Å². The van der Waals surface area contributed by atoms with E-state index in [1.54, 1.807) is 13.8 Å². The molecule has 1 aromatic carbocycles. The standard InChI is InChI=1S/C24H25N5O3S/c1-12-19(23(31)32-4)13(2)26-20(12)21(30)14(3)33-24-28-27-22(29(24)15-9-10-15)17-11-25-18-8-6-5-7-16(17)18/h5-8,11,14-15,25-26H,9-10H2,1-4H3/t14-/m0/s1. The Morgan fingerprint density at radius 2 is 1.97 bits per heavy atom. The minimum Gasteiger partial charge on any atom is -0.465 e. The lowest BCUT2D eigenvalue weighted by Gasteiger charge is -2.12. The average molecular weight is 464 g/mol. The van der Waals surface area contributed by atoms with Gasteiger partial charge in [-0.25, -0.2) is 4.79 Å². The molecule has 0 unspecified atom stereocenters. The maximum atomic E-state index is 13.3. The third-order valence-electron chi connectivity index (χ3n) is 6.13. The summed E-state index contributed by atoms with van der Waals surface area (Å²) < 4.78 is 7.03. The second-order valence-electron chi connectivity index (χ2n) is 8.40. The highest BCUT2D eigenvalue weighted by atomic mass is 32.2. The zero-order valence-corrected chi connectivity index (χ0v) is 19.7. The number of hydrogen-bond donors (Lipinski definition) is 2. The largest absolute Gasteiger partial charge is 0.465 e. The number of ether oxygens (including phenoxy) is 1. The Morgan fingerprint density at radius 3 is 2.70 bits per heavy atom. The lowest BCUT2D eigenvalue weighted by Crippen LogP contribution is -2.16. The van der Waals surface area contributed by atoms with Gasteiger partial charge in [-0.05, 0) is 45.2 Å². The number of aryl methyl sites for hydroxylation is 1. The number of rotatable bonds is 7. The van der Waals surface area contributed by atoms with Crippen molar-refractivity contribution in [1.82, 2.24) is 24.7 Å². The van der Waals surface area contributed by atoms with E-state index in [1.807, 2.05) is 31.3 Å². The minimum atomic E-state index is -0.447. The van der Waals surface area contributed by atoms with Crippen LogP contribution in [0.2, 0.25) is 0 Å². The number of nitrogens with zero attached hydrogens (tertiary/aromatic N) is 3. The van der Waals surface area contributed by atoms with Crippen molar-refractivity contribution in [2.75, 3.05) is 7.11 Å². The van der Waals surface area contributed by atoms with Crippen LogP contribution in [0.15, 0.2) is 35.6 Å². The molecule has 1 aliphatic rings. The summed E-state index contributed by atoms with van der Waals surface area (Å²) in [6, 6.07) is 8.46. The molecule has 0 aliphatic heterocycles. The first kappa shape index (κ1) is 21.5. The molecule has 33 heavy (non-hydrogen) atoms. The van der Waals surface area contributed by atoms with Crippen molar-refractivity contribution in [2.45, 2.75) is 50.1 Å². The molecule has 8 nitrogen and oxygen atoms in total. The van der Waals surface area contributed by atoms with Crippen LogP contribution in [-0.2, 0) is 4.74 Å². The number of thioether (sulfide) groups is 1. The second kappa shape index (κ2) is 8.22. The number of ketones is 1. The Balaban J connectivity index is 1.46. The summed E-state index contributed by atoms with van der Waals surface area (Å²) in [6.45, 7) is 5.39. The number of Topliss-reactive ketones (excluding diaryl/α,β-unsaturated/α-hetero) is 1. The first-order valence-electron chi connectivity index (χ1n) is 10.9. The number of H-pyrrole nitrogens is 2. The van der Waals surface area contributed by atoms with Crippen LogP contribution < -0.4 is 0 Å². The first-order valence-corrected chi connectivity index (χ1v) is 11.8. The lowest BCUT2D eigenvalue weighted by atomic mass is 10.1. The van der Waals surface area contributed by atoms with Gasteiger partial charge in [0.15, 0.2) is 16.8 Å². The molecule has 170 valence electrons. The topological polar surface area (TPSA) is 106 Å². The molecular formula is C24H25N5O3S. The molecule has 1 aliphatic carbocycles. The molecule has 0 spiro atoms. The normalized spacial score (nSPS) is 14.5. The molecule has 3 heterocycles. The Kier molecular flexibility index (Phi) is 5.36. The number of methoxy groups -OCH3 is 1. The molecule has 0 amide bonds. The molecule has 3 aromatic heterocycles. The summed E-state index contributed by atoms with van der Waals surface area (Å²) in [5.41, 5.74) is 4.15. The van der Waals surface area contributed by atoms with Crippen molar-refractivity contribution in [3.63, 3.8) is 0 Å². The zero-order valence-electron chi connectivity index (χ0n) is 18.9. The molecule has 9 heteroatoms. The van der Waals surface area contributed by atoms with Crippen LogP contribution in [0.3, 0.4) is 0 Å². The number of fused-ring (bicyclic) bond motifs is 1. The molecule has 1 fully saturated rings. The van der Waals surface area contributed by atoms with Gasteiger partial charge < -0.3 is 14.7 Å². The van der Waals surface area contributed by atoms with Gasteiger partial charge in [0.25, 0.3) is 0 Å². The molecule has 1 saturated carbocycles. The maximum absolute atomic E-state index is 13.3. The maximum Gasteiger partial charge on any atom is 0.339 e. The van der Waals surface area contributed by atoms with Crippen LogP contribution in [-0.4, -0.2) is 48.8 Å². The minimum absolute atomic E-state index is 0.0882. The lowest BCUT2D eigenvalue weighted by molar-refractivity contribution is 0.0599. The van der Waals surface area contributed by atoms with E-state index in [0.717, 1.165) is 40.3 Å². The summed E-state index contributed by atoms with van der Waals surface area (Å²) >= 11 is 1.40. The fourth-order valence-corrected chi connectivity index (χ4v) is 5.26. The fourth-order valence-electron chi connectivity index (χ4n) is 4.28. The number of esters is 1. The summed E-state index contributed by atoms with van der Waals surface area (Å²) in [4.78, 5) is 31.8. The van der Waals surface area contributed by atoms with Gasteiger partial charge in [0.2, 0.25) is 0 Å². The predicted molar refractivity (Wildman–Crippen MR) is 127 cm³/mol. The molecule has 0 radical (unpaired) electrons. The SMILES string of the molecule is COC(=O)c1c(C)[nH]c(C(=O)[C@H](C)Sc2nnc(-c3c[nH]c4ccccc34)n2C2CC2)c1C. The van der Waals surface area contributed by atoms with E-state index in [4.69, 9.17) is 4.74 Å². The highest BCUT2D eigenvalue weighted by Gasteiger charge is 2.33. The van der Waals surface area contributed by atoms with Crippen LogP contribution in [0.4, 0.5) is 0 Å². The van der Waals surface area contributed by atoms with Gasteiger partial charge in [-0.15, -0.1) is 10.2 Å². The number of aromatic nitrogens is 5. The summed E-state index contributed by atoms with van der Waals surface area (Å²) in [7, 11) is 1.34. The molecule has 2 N–H and O–H groups in total. The Hall–Kier alpha value is -3.33. The molecule has 1 atom stereocenters. The van der Waals surface area contributed by atoms with Crippen LogP contribution in [0.1, 0.15) is 57.9 Å². The molecule has 0 bridgehead atoms. The van der Waals surface area contributed by atoms with E-state index in [2.05, 4.69) is 30.8 Å². The molecular weight excluding hydrogens is 438 g/mol. The first-order chi connectivity index (χ1) is 15.9. The number of carbonyl (C=O) groups excluding carboxylic acids is 2. The van der Waals surface area contributed by atoms with Crippen molar-refractivity contribution < 1.29 is 14.3 Å². The van der Waals surface area contributed by atoms with Crippen LogP contribution in [0, 0.1) is 13.8 Å².